The molecule has 2 heterocycles. The smallest absolute Gasteiger partial charge is 0.247 e. The molecule has 0 aliphatic heterocycles. The summed E-state index contributed by atoms with van der Waals surface area (Å²) in [5.41, 5.74) is 2.35. The van der Waals surface area contributed by atoms with E-state index in [2.05, 4.69) is 20.3 Å². The Morgan fingerprint density at radius 3 is 2.82 bits per heavy atom. The summed E-state index contributed by atoms with van der Waals surface area (Å²) >= 11 is 1.31. The summed E-state index contributed by atoms with van der Waals surface area (Å²) in [6.45, 7) is 2.98. The van der Waals surface area contributed by atoms with E-state index in [1.54, 1.807) is 13.1 Å². The molecule has 0 fully saturated rings. The minimum atomic E-state index is -3.45. The number of amides is 1. The number of anilines is 1. The second-order valence-electron chi connectivity index (χ2n) is 4.91. The van der Waals surface area contributed by atoms with Crippen LogP contribution in [0.1, 0.15) is 25.1 Å². The van der Waals surface area contributed by atoms with Crippen LogP contribution in [0.5, 0.6) is 0 Å². The first kappa shape index (κ1) is 15.0. The molecule has 2 aromatic rings. The standard InChI is InChI=1S/C13H14N4O3S2/c1-3-22(19,20)13-14-6-8-4-5-9-11(10(8)17-13)21-12(16-9)15-7(2)18/h6H,3-5H2,1-2H3,(H,15,16,18). The van der Waals surface area contributed by atoms with Crippen molar-refractivity contribution >= 4 is 32.2 Å². The molecule has 22 heavy (non-hydrogen) atoms. The molecule has 0 unspecified atom stereocenters. The van der Waals surface area contributed by atoms with Crippen molar-refractivity contribution in [3.05, 3.63) is 17.5 Å². The van der Waals surface area contributed by atoms with Gasteiger partial charge < -0.3 is 5.32 Å². The summed E-state index contributed by atoms with van der Waals surface area (Å²) in [4.78, 5) is 24.6. The van der Waals surface area contributed by atoms with E-state index in [9.17, 15) is 13.2 Å². The SMILES string of the molecule is CCS(=O)(=O)c1ncc2c(n1)-c1sc(NC(C)=O)nc1CC2. The Morgan fingerprint density at radius 2 is 2.14 bits per heavy atom. The van der Waals surface area contributed by atoms with E-state index >= 15 is 0 Å². The summed E-state index contributed by atoms with van der Waals surface area (Å²) < 4.78 is 23.9. The van der Waals surface area contributed by atoms with Crippen LogP contribution in [0.3, 0.4) is 0 Å². The molecule has 0 saturated heterocycles. The summed E-state index contributed by atoms with van der Waals surface area (Å²) in [6, 6.07) is 0. The number of carbonyl (C=O) groups excluding carboxylic acids is 1. The minimum absolute atomic E-state index is 0.0432. The van der Waals surface area contributed by atoms with E-state index in [0.717, 1.165) is 22.6 Å². The molecule has 1 aliphatic carbocycles. The molecule has 1 amide bonds. The van der Waals surface area contributed by atoms with Gasteiger partial charge in [-0.3, -0.25) is 4.79 Å². The Morgan fingerprint density at radius 1 is 1.36 bits per heavy atom. The van der Waals surface area contributed by atoms with Crippen molar-refractivity contribution in [1.82, 2.24) is 15.0 Å². The number of thiazole rings is 1. The van der Waals surface area contributed by atoms with Crippen LogP contribution in [0.2, 0.25) is 0 Å². The lowest BCUT2D eigenvalue weighted by molar-refractivity contribution is -0.114. The van der Waals surface area contributed by atoms with Crippen LogP contribution >= 0.6 is 11.3 Å². The van der Waals surface area contributed by atoms with Crippen molar-refractivity contribution < 1.29 is 13.2 Å². The molecule has 7 nitrogen and oxygen atoms in total. The van der Waals surface area contributed by atoms with Gasteiger partial charge in [-0.15, -0.1) is 0 Å². The maximum Gasteiger partial charge on any atom is 0.247 e. The minimum Gasteiger partial charge on any atom is -0.302 e. The molecule has 0 aromatic carbocycles. The van der Waals surface area contributed by atoms with Gasteiger partial charge in [0.1, 0.15) is 0 Å². The Balaban J connectivity index is 2.10. The lowest BCUT2D eigenvalue weighted by Crippen LogP contribution is -2.13. The number of hydrogen-bond donors (Lipinski definition) is 1. The normalized spacial score (nSPS) is 13.4. The van der Waals surface area contributed by atoms with Crippen LogP contribution in [0, 0.1) is 0 Å². The molecule has 0 saturated carbocycles. The summed E-state index contributed by atoms with van der Waals surface area (Å²) in [5.74, 6) is -0.235. The number of hydrogen-bond acceptors (Lipinski definition) is 7. The fourth-order valence-corrected chi connectivity index (χ4v) is 4.00. The zero-order valence-electron chi connectivity index (χ0n) is 12.1. The van der Waals surface area contributed by atoms with Crippen molar-refractivity contribution in [2.75, 3.05) is 11.1 Å². The number of nitrogens with zero attached hydrogens (tertiary/aromatic N) is 3. The Labute approximate surface area is 131 Å². The number of nitrogens with one attached hydrogen (secondary N) is 1. The highest BCUT2D eigenvalue weighted by molar-refractivity contribution is 7.91. The number of rotatable bonds is 3. The van der Waals surface area contributed by atoms with Gasteiger partial charge in [-0.05, 0) is 18.4 Å². The molecule has 1 N–H and O–H groups in total. The molecule has 1 aliphatic rings. The Kier molecular flexibility index (Phi) is 3.69. The van der Waals surface area contributed by atoms with Gasteiger partial charge in [0.15, 0.2) is 5.13 Å². The average Bonchev–Trinajstić information content (AvgIpc) is 2.88. The van der Waals surface area contributed by atoms with Gasteiger partial charge in [-0.2, -0.15) is 0 Å². The van der Waals surface area contributed by atoms with Gasteiger partial charge in [0.25, 0.3) is 0 Å². The van der Waals surface area contributed by atoms with Crippen molar-refractivity contribution in [2.24, 2.45) is 0 Å². The molecule has 2 aromatic heterocycles. The number of carbonyl (C=O) groups is 1. The second kappa shape index (κ2) is 5.40. The Bertz CT molecular complexity index is 858. The number of aromatic nitrogens is 3. The monoisotopic (exact) mass is 338 g/mol. The third-order valence-electron chi connectivity index (χ3n) is 3.33. The second-order valence-corrected chi connectivity index (χ2v) is 8.08. The van der Waals surface area contributed by atoms with Crippen LogP contribution in [-0.4, -0.2) is 35.0 Å². The van der Waals surface area contributed by atoms with Gasteiger partial charge in [0, 0.05) is 13.1 Å². The molecule has 0 spiro atoms. The molecule has 3 rings (SSSR count). The maximum absolute atomic E-state index is 12.0. The highest BCUT2D eigenvalue weighted by atomic mass is 32.2. The van der Waals surface area contributed by atoms with E-state index in [1.807, 2.05) is 0 Å². The van der Waals surface area contributed by atoms with Crippen LogP contribution < -0.4 is 5.32 Å². The quantitative estimate of drug-likeness (QED) is 0.850. The Hall–Kier alpha value is -1.87. The van der Waals surface area contributed by atoms with E-state index < -0.39 is 9.84 Å². The first-order chi connectivity index (χ1) is 10.4. The molecule has 0 radical (unpaired) electrons. The van der Waals surface area contributed by atoms with Crippen molar-refractivity contribution in [2.45, 2.75) is 31.8 Å². The van der Waals surface area contributed by atoms with Crippen molar-refractivity contribution in [3.63, 3.8) is 0 Å². The number of fused-ring (bicyclic) bond motifs is 3. The molecule has 116 valence electrons. The van der Waals surface area contributed by atoms with Gasteiger partial charge in [-0.1, -0.05) is 18.3 Å². The van der Waals surface area contributed by atoms with Crippen LogP contribution in [0.15, 0.2) is 11.4 Å². The van der Waals surface area contributed by atoms with Gasteiger partial charge >= 0.3 is 0 Å². The molecular weight excluding hydrogens is 324 g/mol. The van der Waals surface area contributed by atoms with Gasteiger partial charge in [-0.25, -0.2) is 23.4 Å². The highest BCUT2D eigenvalue weighted by Gasteiger charge is 2.25. The summed E-state index contributed by atoms with van der Waals surface area (Å²) in [5, 5.41) is 3.00. The van der Waals surface area contributed by atoms with Crippen LogP contribution in [-0.2, 0) is 27.5 Å². The van der Waals surface area contributed by atoms with Crippen LogP contribution in [0.25, 0.3) is 10.6 Å². The molecule has 9 heteroatoms. The fourth-order valence-electron chi connectivity index (χ4n) is 2.21. The largest absolute Gasteiger partial charge is 0.302 e. The van der Waals surface area contributed by atoms with Crippen LogP contribution in [0.4, 0.5) is 5.13 Å². The van der Waals surface area contributed by atoms with Crippen molar-refractivity contribution in [1.29, 1.82) is 0 Å². The third kappa shape index (κ3) is 2.61. The lowest BCUT2D eigenvalue weighted by atomic mass is 10.00. The highest BCUT2D eigenvalue weighted by Crippen LogP contribution is 2.38. The lowest BCUT2D eigenvalue weighted by Gasteiger charge is -2.14. The number of sulfone groups is 1. The van der Waals surface area contributed by atoms with E-state index in [4.69, 9.17) is 0 Å². The third-order valence-corrected chi connectivity index (χ3v) is 5.86. The first-order valence-corrected chi connectivity index (χ1v) is 9.24. The topological polar surface area (TPSA) is 102 Å². The van der Waals surface area contributed by atoms with E-state index in [0.29, 0.717) is 17.2 Å². The van der Waals surface area contributed by atoms with Crippen molar-refractivity contribution in [3.8, 4) is 10.6 Å². The van der Waals surface area contributed by atoms with E-state index in [-0.39, 0.29) is 16.8 Å². The zero-order chi connectivity index (χ0) is 15.9. The zero-order valence-corrected chi connectivity index (χ0v) is 13.7. The predicted molar refractivity (Wildman–Crippen MR) is 82.6 cm³/mol. The van der Waals surface area contributed by atoms with Gasteiger partial charge in [0.2, 0.25) is 20.9 Å². The maximum atomic E-state index is 12.0. The average molecular weight is 338 g/mol. The predicted octanol–water partition coefficient (Wildman–Crippen LogP) is 1.45. The van der Waals surface area contributed by atoms with E-state index in [1.165, 1.54) is 18.3 Å². The number of aryl methyl sites for hydroxylation is 2. The summed E-state index contributed by atoms with van der Waals surface area (Å²) in [6.07, 6.45) is 3.01. The molecule has 0 bridgehead atoms. The molecule has 0 atom stereocenters. The fraction of sp³-hybridized carbons (Fsp3) is 0.385. The first-order valence-electron chi connectivity index (χ1n) is 6.77. The molecular formula is C13H14N4O3S2. The summed E-state index contributed by atoms with van der Waals surface area (Å²) in [7, 11) is -3.45. The van der Waals surface area contributed by atoms with Gasteiger partial charge in [0.05, 0.1) is 22.0 Å².